The molecule has 0 aliphatic rings. The summed E-state index contributed by atoms with van der Waals surface area (Å²) in [6.45, 7) is 4.67. The maximum Gasteiger partial charge on any atom is 0.222 e. The van der Waals surface area contributed by atoms with Gasteiger partial charge in [-0.2, -0.15) is 0 Å². The van der Waals surface area contributed by atoms with Crippen LogP contribution in [0.15, 0.2) is 36.8 Å². The number of nitrogens with one attached hydrogen (secondary N) is 3. The van der Waals surface area contributed by atoms with Crippen molar-refractivity contribution >= 4 is 22.8 Å². The molecule has 0 unspecified atom stereocenters. The van der Waals surface area contributed by atoms with Gasteiger partial charge in [-0.3, -0.25) is 4.79 Å². The Labute approximate surface area is 144 Å². The fourth-order valence-corrected chi connectivity index (χ4v) is 2.56. The lowest BCUT2D eigenvalue weighted by atomic mass is 10.1. The van der Waals surface area contributed by atoms with E-state index in [0.29, 0.717) is 35.7 Å². The molecule has 25 heavy (non-hydrogen) atoms. The number of anilines is 1. The van der Waals surface area contributed by atoms with Crippen molar-refractivity contribution < 1.29 is 9.18 Å². The summed E-state index contributed by atoms with van der Waals surface area (Å²) in [7, 11) is 0. The molecule has 0 spiro atoms. The lowest BCUT2D eigenvalue weighted by molar-refractivity contribution is -0.123. The highest BCUT2D eigenvalue weighted by Crippen LogP contribution is 2.33. The number of carbonyl (C=O) groups excluding carboxylic acids is 1. The van der Waals surface area contributed by atoms with E-state index in [1.807, 2.05) is 13.8 Å². The second-order valence-corrected chi connectivity index (χ2v) is 6.00. The Morgan fingerprint density at radius 2 is 2.00 bits per heavy atom. The molecule has 0 bridgehead atoms. The number of hydrogen-bond acceptors (Lipinski definition) is 4. The van der Waals surface area contributed by atoms with Crippen LogP contribution < -0.4 is 10.6 Å². The highest BCUT2D eigenvalue weighted by molar-refractivity contribution is 6.00. The average molecular weight is 341 g/mol. The maximum absolute atomic E-state index is 14.2. The van der Waals surface area contributed by atoms with Crippen LogP contribution in [-0.2, 0) is 4.79 Å². The lowest BCUT2D eigenvalue weighted by Crippen LogP contribution is -2.32. The van der Waals surface area contributed by atoms with Crippen molar-refractivity contribution in [3.8, 4) is 11.1 Å². The van der Waals surface area contributed by atoms with E-state index >= 15 is 0 Å². The van der Waals surface area contributed by atoms with E-state index in [1.165, 1.54) is 12.4 Å². The van der Waals surface area contributed by atoms with Crippen LogP contribution in [0, 0.1) is 11.7 Å². The second kappa shape index (κ2) is 7.29. The first-order valence-electron chi connectivity index (χ1n) is 8.16. The third-order valence-electron chi connectivity index (χ3n) is 3.87. The molecule has 0 saturated carbocycles. The van der Waals surface area contributed by atoms with Crippen LogP contribution in [0.1, 0.15) is 13.8 Å². The van der Waals surface area contributed by atoms with Crippen LogP contribution in [0.3, 0.4) is 0 Å². The molecular weight excluding hydrogens is 321 g/mol. The molecule has 130 valence electrons. The molecule has 0 fully saturated rings. The van der Waals surface area contributed by atoms with Gasteiger partial charge in [0.25, 0.3) is 0 Å². The Morgan fingerprint density at radius 1 is 1.20 bits per heavy atom. The number of H-pyrrole nitrogens is 1. The molecule has 3 N–H and O–H groups in total. The molecule has 0 saturated heterocycles. The predicted molar refractivity (Wildman–Crippen MR) is 95.6 cm³/mol. The first-order valence-corrected chi connectivity index (χ1v) is 8.16. The molecule has 3 rings (SSSR count). The third-order valence-corrected chi connectivity index (χ3v) is 3.87. The van der Waals surface area contributed by atoms with E-state index in [0.717, 1.165) is 5.39 Å². The van der Waals surface area contributed by atoms with Gasteiger partial charge in [-0.1, -0.05) is 32.0 Å². The zero-order valence-corrected chi connectivity index (χ0v) is 14.1. The highest BCUT2D eigenvalue weighted by atomic mass is 19.1. The number of fused-ring (bicyclic) bond motifs is 1. The molecule has 7 heteroatoms. The van der Waals surface area contributed by atoms with Gasteiger partial charge in [-0.05, 0) is 6.07 Å². The Balaban J connectivity index is 1.83. The molecule has 1 amide bonds. The number of halogens is 1. The minimum Gasteiger partial charge on any atom is -0.368 e. The van der Waals surface area contributed by atoms with Crippen molar-refractivity contribution in [1.82, 2.24) is 20.3 Å². The van der Waals surface area contributed by atoms with Crippen LogP contribution in [-0.4, -0.2) is 33.9 Å². The monoisotopic (exact) mass is 341 g/mol. The largest absolute Gasteiger partial charge is 0.368 e. The first-order chi connectivity index (χ1) is 12.1. The number of rotatable bonds is 6. The van der Waals surface area contributed by atoms with E-state index in [1.54, 1.807) is 24.4 Å². The minimum atomic E-state index is -0.303. The van der Waals surface area contributed by atoms with Gasteiger partial charge >= 0.3 is 0 Å². The summed E-state index contributed by atoms with van der Waals surface area (Å²) in [6, 6.07) is 6.58. The van der Waals surface area contributed by atoms with Crippen LogP contribution >= 0.6 is 0 Å². The minimum absolute atomic E-state index is 0.00308. The average Bonchev–Trinajstić information content (AvgIpc) is 3.03. The summed E-state index contributed by atoms with van der Waals surface area (Å²) in [4.78, 5) is 23.1. The van der Waals surface area contributed by atoms with Crippen molar-refractivity contribution in [2.45, 2.75) is 13.8 Å². The fraction of sp³-hybridized carbons (Fsp3) is 0.278. The fourth-order valence-electron chi connectivity index (χ4n) is 2.56. The number of carbonyl (C=O) groups is 1. The van der Waals surface area contributed by atoms with Gasteiger partial charge in [0, 0.05) is 36.3 Å². The summed E-state index contributed by atoms with van der Waals surface area (Å²) < 4.78 is 14.2. The molecule has 2 aromatic heterocycles. The summed E-state index contributed by atoms with van der Waals surface area (Å²) >= 11 is 0. The van der Waals surface area contributed by atoms with Gasteiger partial charge in [0.05, 0.1) is 5.39 Å². The van der Waals surface area contributed by atoms with Gasteiger partial charge in [0.1, 0.15) is 23.6 Å². The molecule has 0 aliphatic carbocycles. The summed E-state index contributed by atoms with van der Waals surface area (Å²) in [6.07, 6.45) is 3.17. The van der Waals surface area contributed by atoms with E-state index in [-0.39, 0.29) is 17.6 Å². The Hall–Kier alpha value is -2.96. The van der Waals surface area contributed by atoms with Crippen molar-refractivity contribution in [1.29, 1.82) is 0 Å². The molecule has 6 nitrogen and oxygen atoms in total. The van der Waals surface area contributed by atoms with Gasteiger partial charge in [-0.15, -0.1) is 0 Å². The van der Waals surface area contributed by atoms with Gasteiger partial charge < -0.3 is 15.6 Å². The van der Waals surface area contributed by atoms with Gasteiger partial charge in [-0.25, -0.2) is 14.4 Å². The molecule has 3 aromatic rings. The van der Waals surface area contributed by atoms with Gasteiger partial charge in [0.2, 0.25) is 5.91 Å². The van der Waals surface area contributed by atoms with E-state index < -0.39 is 0 Å². The number of amides is 1. The summed E-state index contributed by atoms with van der Waals surface area (Å²) in [5.41, 5.74) is 1.81. The van der Waals surface area contributed by atoms with Crippen molar-refractivity contribution in [3.63, 3.8) is 0 Å². The van der Waals surface area contributed by atoms with E-state index in [9.17, 15) is 9.18 Å². The number of aromatic amines is 1. The third kappa shape index (κ3) is 3.60. The van der Waals surface area contributed by atoms with Gasteiger partial charge in [0.15, 0.2) is 0 Å². The standard InChI is InChI=1S/C18H20FN5O/c1-11(2)18(25)21-8-7-20-16-15-13(9-22-17(15)24-10-23-16)12-5-3-4-6-14(12)19/h3-6,9-11H,7-8H2,1-2H3,(H,21,25)(H2,20,22,23,24). The quantitative estimate of drug-likeness (QED) is 0.602. The molecule has 1 aromatic carbocycles. The predicted octanol–water partition coefficient (Wildman–Crippen LogP) is 2.95. The van der Waals surface area contributed by atoms with Crippen LogP contribution in [0.5, 0.6) is 0 Å². The normalized spacial score (nSPS) is 11.0. The zero-order chi connectivity index (χ0) is 17.8. The molecule has 0 atom stereocenters. The maximum atomic E-state index is 14.2. The molecule has 0 radical (unpaired) electrons. The van der Waals surface area contributed by atoms with Crippen molar-refractivity contribution in [2.75, 3.05) is 18.4 Å². The van der Waals surface area contributed by atoms with Crippen LogP contribution in [0.25, 0.3) is 22.2 Å². The Bertz CT molecular complexity index is 890. The van der Waals surface area contributed by atoms with Crippen LogP contribution in [0.2, 0.25) is 0 Å². The number of hydrogen-bond donors (Lipinski definition) is 3. The molecule has 2 heterocycles. The van der Waals surface area contributed by atoms with E-state index in [2.05, 4.69) is 25.6 Å². The number of benzene rings is 1. The first kappa shape index (κ1) is 16.9. The Kier molecular flexibility index (Phi) is 4.92. The van der Waals surface area contributed by atoms with Crippen molar-refractivity contribution in [3.05, 3.63) is 42.6 Å². The lowest BCUT2D eigenvalue weighted by Gasteiger charge is -2.10. The smallest absolute Gasteiger partial charge is 0.222 e. The number of aromatic nitrogens is 3. The summed E-state index contributed by atoms with van der Waals surface area (Å²) in [5, 5.41) is 6.75. The Morgan fingerprint density at radius 3 is 2.76 bits per heavy atom. The van der Waals surface area contributed by atoms with E-state index in [4.69, 9.17) is 0 Å². The van der Waals surface area contributed by atoms with Crippen LogP contribution in [0.4, 0.5) is 10.2 Å². The number of nitrogens with zero attached hydrogens (tertiary/aromatic N) is 2. The zero-order valence-electron chi connectivity index (χ0n) is 14.1. The summed E-state index contributed by atoms with van der Waals surface area (Å²) in [5.74, 6) is 0.247. The molecular formula is C18H20FN5O. The highest BCUT2D eigenvalue weighted by Gasteiger charge is 2.15. The topological polar surface area (TPSA) is 82.7 Å². The second-order valence-electron chi connectivity index (χ2n) is 6.00. The molecule has 0 aliphatic heterocycles. The SMILES string of the molecule is CC(C)C(=O)NCCNc1ncnc2[nH]cc(-c3ccccc3F)c12. The van der Waals surface area contributed by atoms with Crippen molar-refractivity contribution in [2.24, 2.45) is 5.92 Å².